The minimum atomic E-state index is -4.20. The predicted molar refractivity (Wildman–Crippen MR) is 69.9 cm³/mol. The first-order chi connectivity index (χ1) is 10.3. The minimum Gasteiger partial charge on any atom is -0.395 e. The first kappa shape index (κ1) is 14.5. The van der Waals surface area contributed by atoms with Crippen LogP contribution < -0.4 is 14.2 Å². The molecule has 0 atom stereocenters. The van der Waals surface area contributed by atoms with E-state index in [1.807, 2.05) is 0 Å². The van der Waals surface area contributed by atoms with Gasteiger partial charge in [-0.15, -0.1) is 8.78 Å². The second-order valence-electron chi connectivity index (χ2n) is 4.36. The Morgan fingerprint density at radius 3 is 2.41 bits per heavy atom. The molecule has 0 aromatic heterocycles. The summed E-state index contributed by atoms with van der Waals surface area (Å²) in [7, 11) is -4.20. The van der Waals surface area contributed by atoms with Crippen LogP contribution in [-0.2, 0) is 10.0 Å². The maximum absolute atomic E-state index is 13.5. The van der Waals surface area contributed by atoms with Crippen molar-refractivity contribution in [3.63, 3.8) is 0 Å². The van der Waals surface area contributed by atoms with Crippen LogP contribution in [0.3, 0.4) is 0 Å². The average molecular weight is 331 g/mol. The first-order valence-electron chi connectivity index (χ1n) is 5.94. The molecule has 1 aliphatic heterocycles. The first-order valence-corrected chi connectivity index (χ1v) is 7.42. The molecule has 0 aliphatic carbocycles. The summed E-state index contributed by atoms with van der Waals surface area (Å²) in [4.78, 5) is -0.557. The number of alkyl halides is 2. The second-order valence-corrected chi connectivity index (χ2v) is 6.02. The summed E-state index contributed by atoms with van der Waals surface area (Å²) in [5.74, 6) is -1.47. The Hall–Kier alpha value is -2.42. The number of sulfonamides is 1. The molecule has 0 unspecified atom stereocenters. The van der Waals surface area contributed by atoms with Crippen LogP contribution in [0.25, 0.3) is 0 Å². The van der Waals surface area contributed by atoms with Crippen molar-refractivity contribution in [1.29, 1.82) is 0 Å². The molecule has 0 saturated carbocycles. The Balaban J connectivity index is 1.90. The van der Waals surface area contributed by atoms with Gasteiger partial charge in [0.05, 0.1) is 5.69 Å². The van der Waals surface area contributed by atoms with Crippen LogP contribution in [0.5, 0.6) is 11.5 Å². The van der Waals surface area contributed by atoms with Gasteiger partial charge in [0.25, 0.3) is 10.0 Å². The zero-order chi connectivity index (χ0) is 16.0. The summed E-state index contributed by atoms with van der Waals surface area (Å²) in [5, 5.41) is 0. The van der Waals surface area contributed by atoms with Gasteiger partial charge in [0, 0.05) is 6.07 Å². The van der Waals surface area contributed by atoms with Crippen LogP contribution in [0, 0.1) is 5.82 Å². The van der Waals surface area contributed by atoms with E-state index in [1.54, 1.807) is 0 Å². The lowest BCUT2D eigenvalue weighted by molar-refractivity contribution is -0.286. The Labute approximate surface area is 123 Å². The lowest BCUT2D eigenvalue weighted by Crippen LogP contribution is -2.25. The zero-order valence-electron chi connectivity index (χ0n) is 10.7. The second kappa shape index (κ2) is 4.80. The number of halogens is 3. The highest BCUT2D eigenvalue weighted by atomic mass is 32.2. The number of rotatable bonds is 3. The van der Waals surface area contributed by atoms with Gasteiger partial charge in [-0.2, -0.15) is 0 Å². The van der Waals surface area contributed by atoms with E-state index in [1.165, 1.54) is 18.2 Å². The van der Waals surface area contributed by atoms with Crippen LogP contribution in [0.1, 0.15) is 0 Å². The van der Waals surface area contributed by atoms with Gasteiger partial charge in [0.1, 0.15) is 10.7 Å². The number of benzene rings is 2. The molecule has 0 bridgehead atoms. The quantitative estimate of drug-likeness (QED) is 0.939. The summed E-state index contributed by atoms with van der Waals surface area (Å²) in [6.07, 6.45) is -3.80. The largest absolute Gasteiger partial charge is 0.586 e. The number of nitrogens with one attached hydrogen (secondary N) is 1. The number of anilines is 1. The molecule has 0 saturated heterocycles. The maximum Gasteiger partial charge on any atom is 0.586 e. The van der Waals surface area contributed by atoms with E-state index in [0.717, 1.165) is 24.3 Å². The molecule has 1 N–H and O–H groups in total. The van der Waals surface area contributed by atoms with Crippen molar-refractivity contribution >= 4 is 15.7 Å². The van der Waals surface area contributed by atoms with Crippen molar-refractivity contribution in [3.05, 3.63) is 48.3 Å². The van der Waals surface area contributed by atoms with Gasteiger partial charge in [-0.3, -0.25) is 4.72 Å². The Morgan fingerprint density at radius 1 is 1.00 bits per heavy atom. The van der Waals surface area contributed by atoms with Gasteiger partial charge < -0.3 is 9.47 Å². The maximum atomic E-state index is 13.5. The van der Waals surface area contributed by atoms with E-state index in [9.17, 15) is 21.6 Å². The Kier molecular flexibility index (Phi) is 3.17. The molecule has 116 valence electrons. The highest BCUT2D eigenvalue weighted by Gasteiger charge is 2.43. The van der Waals surface area contributed by atoms with Crippen molar-refractivity contribution < 1.29 is 31.1 Å². The molecule has 1 heterocycles. The topological polar surface area (TPSA) is 64.6 Å². The van der Waals surface area contributed by atoms with Crippen LogP contribution in [0.2, 0.25) is 0 Å². The third-order valence-corrected chi connectivity index (χ3v) is 4.19. The van der Waals surface area contributed by atoms with Crippen molar-refractivity contribution in [2.75, 3.05) is 4.72 Å². The van der Waals surface area contributed by atoms with E-state index in [-0.39, 0.29) is 17.2 Å². The fraction of sp³-hybridized carbons (Fsp3) is 0.0769. The number of ether oxygens (including phenoxy) is 2. The third kappa shape index (κ3) is 2.67. The lowest BCUT2D eigenvalue weighted by atomic mass is 10.3. The molecular formula is C13H8F3NO4S. The molecule has 0 amide bonds. The summed E-state index contributed by atoms with van der Waals surface area (Å²) in [5.41, 5.74) is -0.0664. The zero-order valence-corrected chi connectivity index (χ0v) is 11.5. The SMILES string of the molecule is O=S(=O)(Nc1ccc2c(c1)OC(F)(F)O2)c1ccccc1F. The van der Waals surface area contributed by atoms with Crippen molar-refractivity contribution in [1.82, 2.24) is 0 Å². The molecule has 9 heteroatoms. The van der Waals surface area contributed by atoms with Crippen LogP contribution in [0.15, 0.2) is 47.4 Å². The summed E-state index contributed by atoms with van der Waals surface area (Å²) < 4.78 is 74.0. The molecule has 3 rings (SSSR count). The Morgan fingerprint density at radius 2 is 1.68 bits per heavy atom. The van der Waals surface area contributed by atoms with Gasteiger partial charge in [-0.05, 0) is 24.3 Å². The fourth-order valence-corrected chi connectivity index (χ4v) is 3.01. The van der Waals surface area contributed by atoms with Crippen LogP contribution in [0.4, 0.5) is 18.9 Å². The average Bonchev–Trinajstić information content (AvgIpc) is 2.71. The number of hydrogen-bond acceptors (Lipinski definition) is 4. The molecule has 0 fully saturated rings. The van der Waals surface area contributed by atoms with Gasteiger partial charge in [0.15, 0.2) is 11.5 Å². The Bertz CT molecular complexity index is 839. The van der Waals surface area contributed by atoms with E-state index in [0.29, 0.717) is 0 Å². The molecule has 5 nitrogen and oxygen atoms in total. The van der Waals surface area contributed by atoms with E-state index in [2.05, 4.69) is 14.2 Å². The standard InChI is InChI=1S/C13H8F3NO4S/c14-9-3-1-2-4-12(9)22(18,19)17-8-5-6-10-11(7-8)21-13(15,16)20-10/h1-7,17H. The highest BCUT2D eigenvalue weighted by Crippen LogP contribution is 2.42. The summed E-state index contributed by atoms with van der Waals surface area (Å²) >= 11 is 0. The molecule has 2 aromatic rings. The van der Waals surface area contributed by atoms with Crippen molar-refractivity contribution in [2.45, 2.75) is 11.2 Å². The summed E-state index contributed by atoms with van der Waals surface area (Å²) in [6, 6.07) is 8.12. The number of hydrogen-bond donors (Lipinski definition) is 1. The van der Waals surface area contributed by atoms with Crippen LogP contribution in [-0.4, -0.2) is 14.7 Å². The molecule has 1 aliphatic rings. The minimum absolute atomic E-state index is 0.0664. The lowest BCUT2D eigenvalue weighted by Gasteiger charge is -2.09. The summed E-state index contributed by atoms with van der Waals surface area (Å²) in [6.45, 7) is 0. The third-order valence-electron chi connectivity index (χ3n) is 2.78. The highest BCUT2D eigenvalue weighted by molar-refractivity contribution is 7.92. The van der Waals surface area contributed by atoms with E-state index >= 15 is 0 Å². The predicted octanol–water partition coefficient (Wildman–Crippen LogP) is 2.95. The monoisotopic (exact) mass is 331 g/mol. The van der Waals surface area contributed by atoms with E-state index < -0.39 is 27.0 Å². The molecule has 2 aromatic carbocycles. The molecule has 0 radical (unpaired) electrons. The van der Waals surface area contributed by atoms with Crippen molar-refractivity contribution in [2.24, 2.45) is 0 Å². The van der Waals surface area contributed by atoms with Crippen LogP contribution >= 0.6 is 0 Å². The van der Waals surface area contributed by atoms with Gasteiger partial charge in [-0.1, -0.05) is 12.1 Å². The molecular weight excluding hydrogens is 323 g/mol. The van der Waals surface area contributed by atoms with Gasteiger partial charge >= 0.3 is 6.29 Å². The molecule has 0 spiro atoms. The fourth-order valence-electron chi connectivity index (χ4n) is 1.89. The smallest absolute Gasteiger partial charge is 0.395 e. The normalized spacial score (nSPS) is 15.6. The number of fused-ring (bicyclic) bond motifs is 1. The van der Waals surface area contributed by atoms with E-state index in [4.69, 9.17) is 0 Å². The van der Waals surface area contributed by atoms with Crippen molar-refractivity contribution in [3.8, 4) is 11.5 Å². The van der Waals surface area contributed by atoms with Gasteiger partial charge in [-0.25, -0.2) is 12.8 Å². The molecule has 22 heavy (non-hydrogen) atoms. The van der Waals surface area contributed by atoms with Gasteiger partial charge in [0.2, 0.25) is 0 Å².